The fraction of sp³-hybridized carbons (Fsp3) is 0.857. The molecule has 5 nitrogen and oxygen atoms in total. The topological polar surface area (TPSA) is 75.6 Å². The Morgan fingerprint density at radius 2 is 2.00 bits per heavy atom. The number of hydrogen-bond donors (Lipinski definition) is 2. The molecule has 2 atom stereocenters. The van der Waals surface area contributed by atoms with Crippen molar-refractivity contribution in [1.29, 1.82) is 0 Å². The number of amides is 1. The molecule has 2 unspecified atom stereocenters. The van der Waals surface area contributed by atoms with Crippen LogP contribution < -0.4 is 5.32 Å². The lowest BCUT2D eigenvalue weighted by molar-refractivity contribution is -0.145. The monoisotopic (exact) mass is 271 g/mol. The molecule has 1 saturated heterocycles. The second-order valence-corrected chi connectivity index (χ2v) is 5.42. The van der Waals surface area contributed by atoms with Crippen LogP contribution in [0.15, 0.2) is 0 Å². The molecule has 0 spiro atoms. The Morgan fingerprint density at radius 1 is 1.37 bits per heavy atom. The Hall–Kier alpha value is -1.10. The highest BCUT2D eigenvalue weighted by atomic mass is 16.5. The van der Waals surface area contributed by atoms with E-state index < -0.39 is 11.9 Å². The first-order chi connectivity index (χ1) is 9.04. The zero-order chi connectivity index (χ0) is 14.3. The van der Waals surface area contributed by atoms with Gasteiger partial charge in [-0.05, 0) is 24.7 Å². The number of hydrogen-bond acceptors (Lipinski definition) is 3. The Balaban J connectivity index is 2.41. The summed E-state index contributed by atoms with van der Waals surface area (Å²) in [5, 5.41) is 12.0. The van der Waals surface area contributed by atoms with Gasteiger partial charge in [-0.2, -0.15) is 0 Å². The van der Waals surface area contributed by atoms with Crippen molar-refractivity contribution in [2.75, 3.05) is 19.8 Å². The molecule has 1 heterocycles. The van der Waals surface area contributed by atoms with Gasteiger partial charge < -0.3 is 15.2 Å². The van der Waals surface area contributed by atoms with Gasteiger partial charge in [0.2, 0.25) is 5.91 Å². The standard InChI is InChI=1S/C14H25NO4/c1-3-10(2)8-13(16)15-9-12(14(17)18)11-4-6-19-7-5-11/h10-12H,3-9H2,1-2H3,(H,15,16)(H,17,18). The molecule has 1 aliphatic heterocycles. The highest BCUT2D eigenvalue weighted by molar-refractivity contribution is 5.77. The number of aliphatic carboxylic acids is 1. The lowest BCUT2D eigenvalue weighted by atomic mass is 9.86. The number of rotatable bonds is 7. The van der Waals surface area contributed by atoms with E-state index in [0.717, 1.165) is 19.3 Å². The Morgan fingerprint density at radius 3 is 2.53 bits per heavy atom. The molecule has 19 heavy (non-hydrogen) atoms. The molecule has 0 bridgehead atoms. The van der Waals surface area contributed by atoms with Crippen LogP contribution in [0, 0.1) is 17.8 Å². The molecule has 0 aromatic heterocycles. The Bertz CT molecular complexity index is 300. The average Bonchev–Trinajstić information content (AvgIpc) is 2.39. The summed E-state index contributed by atoms with van der Waals surface area (Å²) in [6.07, 6.45) is 2.95. The summed E-state index contributed by atoms with van der Waals surface area (Å²) in [5.74, 6) is -0.922. The van der Waals surface area contributed by atoms with Gasteiger partial charge >= 0.3 is 5.97 Å². The van der Waals surface area contributed by atoms with Gasteiger partial charge in [-0.25, -0.2) is 0 Å². The van der Waals surface area contributed by atoms with Crippen molar-refractivity contribution in [3.05, 3.63) is 0 Å². The van der Waals surface area contributed by atoms with Gasteiger partial charge in [-0.15, -0.1) is 0 Å². The van der Waals surface area contributed by atoms with Crippen LogP contribution in [0.1, 0.15) is 39.5 Å². The Labute approximate surface area is 114 Å². The molecule has 1 aliphatic rings. The molecule has 0 aromatic rings. The van der Waals surface area contributed by atoms with E-state index in [1.807, 2.05) is 13.8 Å². The maximum Gasteiger partial charge on any atom is 0.308 e. The third-order valence-electron chi connectivity index (χ3n) is 3.90. The first-order valence-electron chi connectivity index (χ1n) is 7.11. The molecule has 5 heteroatoms. The molecule has 0 aliphatic carbocycles. The molecule has 1 fully saturated rings. The second kappa shape index (κ2) is 8.15. The van der Waals surface area contributed by atoms with Crippen molar-refractivity contribution in [1.82, 2.24) is 5.32 Å². The van der Waals surface area contributed by atoms with Crippen LogP contribution in [-0.4, -0.2) is 36.7 Å². The first kappa shape index (κ1) is 16.0. The van der Waals surface area contributed by atoms with Crippen molar-refractivity contribution >= 4 is 11.9 Å². The predicted octanol–water partition coefficient (Wildman–Crippen LogP) is 1.67. The number of carbonyl (C=O) groups is 2. The first-order valence-corrected chi connectivity index (χ1v) is 7.11. The minimum atomic E-state index is -0.823. The molecule has 2 N–H and O–H groups in total. The van der Waals surface area contributed by atoms with Gasteiger partial charge in [0, 0.05) is 26.2 Å². The molecule has 0 saturated carbocycles. The smallest absolute Gasteiger partial charge is 0.308 e. The van der Waals surface area contributed by atoms with Crippen LogP contribution in [0.25, 0.3) is 0 Å². The largest absolute Gasteiger partial charge is 0.481 e. The van der Waals surface area contributed by atoms with Gasteiger partial charge in [-0.1, -0.05) is 20.3 Å². The van der Waals surface area contributed by atoms with Gasteiger partial charge in [0.25, 0.3) is 0 Å². The fourth-order valence-electron chi connectivity index (χ4n) is 2.33. The lowest BCUT2D eigenvalue weighted by Crippen LogP contribution is -2.39. The minimum Gasteiger partial charge on any atom is -0.481 e. The van der Waals surface area contributed by atoms with Crippen LogP contribution in [0.2, 0.25) is 0 Å². The molecular weight excluding hydrogens is 246 g/mol. The van der Waals surface area contributed by atoms with Crippen LogP contribution in [0.5, 0.6) is 0 Å². The maximum atomic E-state index is 11.7. The predicted molar refractivity (Wildman–Crippen MR) is 71.8 cm³/mol. The van der Waals surface area contributed by atoms with Crippen molar-refractivity contribution < 1.29 is 19.4 Å². The normalized spacial score (nSPS) is 19.7. The summed E-state index contributed by atoms with van der Waals surface area (Å²) in [6, 6.07) is 0. The number of ether oxygens (including phenoxy) is 1. The SMILES string of the molecule is CCC(C)CC(=O)NCC(C(=O)O)C1CCOCC1. The Kier molecular flexibility index (Phi) is 6.84. The van der Waals surface area contributed by atoms with E-state index in [0.29, 0.717) is 25.6 Å². The number of carbonyl (C=O) groups excluding carboxylic acids is 1. The van der Waals surface area contributed by atoms with E-state index >= 15 is 0 Å². The van der Waals surface area contributed by atoms with Crippen LogP contribution in [-0.2, 0) is 14.3 Å². The fourth-order valence-corrected chi connectivity index (χ4v) is 2.33. The summed E-state index contributed by atoms with van der Waals surface area (Å²) >= 11 is 0. The molecular formula is C14H25NO4. The van der Waals surface area contributed by atoms with Crippen molar-refractivity contribution in [3.63, 3.8) is 0 Å². The van der Waals surface area contributed by atoms with E-state index in [9.17, 15) is 14.7 Å². The third kappa shape index (κ3) is 5.59. The number of carboxylic acids is 1. The van der Waals surface area contributed by atoms with Crippen molar-refractivity contribution in [2.45, 2.75) is 39.5 Å². The lowest BCUT2D eigenvalue weighted by Gasteiger charge is -2.27. The summed E-state index contributed by atoms with van der Waals surface area (Å²) in [6.45, 7) is 5.53. The average molecular weight is 271 g/mol. The van der Waals surface area contributed by atoms with Crippen molar-refractivity contribution in [3.8, 4) is 0 Å². The zero-order valence-electron chi connectivity index (χ0n) is 11.9. The number of carboxylic acid groups (broad SMARTS) is 1. The maximum absolute atomic E-state index is 11.7. The van der Waals surface area contributed by atoms with E-state index in [1.54, 1.807) is 0 Å². The molecule has 0 radical (unpaired) electrons. The van der Waals surface area contributed by atoms with Crippen LogP contribution in [0.4, 0.5) is 0 Å². The van der Waals surface area contributed by atoms with Gasteiger partial charge in [0.1, 0.15) is 0 Å². The van der Waals surface area contributed by atoms with Crippen molar-refractivity contribution in [2.24, 2.45) is 17.8 Å². The van der Waals surface area contributed by atoms with E-state index in [4.69, 9.17) is 4.74 Å². The molecule has 110 valence electrons. The van der Waals surface area contributed by atoms with E-state index in [1.165, 1.54) is 0 Å². The summed E-state index contributed by atoms with van der Waals surface area (Å²) in [5.41, 5.74) is 0. The van der Waals surface area contributed by atoms with E-state index in [-0.39, 0.29) is 18.4 Å². The van der Waals surface area contributed by atoms with Crippen LogP contribution >= 0.6 is 0 Å². The molecule has 0 aromatic carbocycles. The molecule has 1 amide bonds. The second-order valence-electron chi connectivity index (χ2n) is 5.42. The number of nitrogens with one attached hydrogen (secondary N) is 1. The van der Waals surface area contributed by atoms with Gasteiger partial charge in [0.05, 0.1) is 5.92 Å². The summed E-state index contributed by atoms with van der Waals surface area (Å²) < 4.78 is 5.24. The summed E-state index contributed by atoms with van der Waals surface area (Å²) in [4.78, 5) is 23.0. The highest BCUT2D eigenvalue weighted by Crippen LogP contribution is 2.23. The minimum absolute atomic E-state index is 0.0485. The zero-order valence-corrected chi connectivity index (χ0v) is 11.9. The molecule has 1 rings (SSSR count). The van der Waals surface area contributed by atoms with E-state index in [2.05, 4.69) is 5.32 Å². The van der Waals surface area contributed by atoms with Crippen LogP contribution in [0.3, 0.4) is 0 Å². The quantitative estimate of drug-likeness (QED) is 0.738. The van der Waals surface area contributed by atoms with Gasteiger partial charge in [0.15, 0.2) is 0 Å². The van der Waals surface area contributed by atoms with Gasteiger partial charge in [-0.3, -0.25) is 9.59 Å². The summed E-state index contributed by atoms with van der Waals surface area (Å²) in [7, 11) is 0. The third-order valence-corrected chi connectivity index (χ3v) is 3.90. The highest BCUT2D eigenvalue weighted by Gasteiger charge is 2.29.